The second-order valence-electron chi connectivity index (χ2n) is 4.95. The van der Waals surface area contributed by atoms with Crippen molar-refractivity contribution in [3.63, 3.8) is 0 Å². The molecule has 110 valence electrons. The standard InChI is InChI=1S/C14H10FN5O2/c1-7-17-11(22-19-7)5-20-6-16-12-9-4-8(15)2-3-10(9)18-13(12)14(20)21/h2-4,6,18H,5H2,1H3. The highest BCUT2D eigenvalue weighted by atomic mass is 19.1. The van der Waals surface area contributed by atoms with E-state index in [9.17, 15) is 9.18 Å². The van der Waals surface area contributed by atoms with E-state index in [1.807, 2.05) is 0 Å². The van der Waals surface area contributed by atoms with E-state index in [1.165, 1.54) is 23.0 Å². The molecule has 7 nitrogen and oxygen atoms in total. The zero-order chi connectivity index (χ0) is 15.3. The molecule has 8 heteroatoms. The smallest absolute Gasteiger partial charge is 0.278 e. The maximum absolute atomic E-state index is 13.4. The number of benzene rings is 1. The molecule has 0 bridgehead atoms. The van der Waals surface area contributed by atoms with Gasteiger partial charge in [-0.15, -0.1) is 0 Å². The van der Waals surface area contributed by atoms with E-state index in [0.29, 0.717) is 33.7 Å². The van der Waals surface area contributed by atoms with Gasteiger partial charge < -0.3 is 9.51 Å². The minimum atomic E-state index is -0.374. The van der Waals surface area contributed by atoms with Crippen molar-refractivity contribution in [2.45, 2.75) is 13.5 Å². The Hall–Kier alpha value is -3.03. The minimum Gasteiger partial charge on any atom is -0.349 e. The summed E-state index contributed by atoms with van der Waals surface area (Å²) in [6.07, 6.45) is 1.39. The topological polar surface area (TPSA) is 89.6 Å². The van der Waals surface area contributed by atoms with Gasteiger partial charge in [-0.25, -0.2) is 9.37 Å². The predicted molar refractivity (Wildman–Crippen MR) is 76.0 cm³/mol. The Morgan fingerprint density at radius 1 is 1.41 bits per heavy atom. The van der Waals surface area contributed by atoms with Crippen LogP contribution in [0.25, 0.3) is 21.9 Å². The van der Waals surface area contributed by atoms with Crippen molar-refractivity contribution in [3.8, 4) is 0 Å². The van der Waals surface area contributed by atoms with Crippen LogP contribution in [0.1, 0.15) is 11.7 Å². The Balaban J connectivity index is 1.90. The molecule has 0 radical (unpaired) electrons. The third kappa shape index (κ3) is 1.88. The molecule has 4 aromatic rings. The van der Waals surface area contributed by atoms with Gasteiger partial charge in [0.1, 0.15) is 23.4 Å². The van der Waals surface area contributed by atoms with Crippen LogP contribution in [-0.4, -0.2) is 24.7 Å². The van der Waals surface area contributed by atoms with Crippen LogP contribution in [0, 0.1) is 12.7 Å². The van der Waals surface area contributed by atoms with Crippen LogP contribution < -0.4 is 5.56 Å². The second-order valence-corrected chi connectivity index (χ2v) is 4.95. The third-order valence-corrected chi connectivity index (χ3v) is 3.41. The first-order valence-electron chi connectivity index (χ1n) is 6.57. The van der Waals surface area contributed by atoms with Crippen LogP contribution >= 0.6 is 0 Å². The summed E-state index contributed by atoms with van der Waals surface area (Å²) >= 11 is 0. The number of aromatic amines is 1. The molecular formula is C14H10FN5O2. The van der Waals surface area contributed by atoms with E-state index >= 15 is 0 Å². The summed E-state index contributed by atoms with van der Waals surface area (Å²) < 4.78 is 19.7. The molecule has 0 fully saturated rings. The quantitative estimate of drug-likeness (QED) is 0.609. The largest absolute Gasteiger partial charge is 0.349 e. The summed E-state index contributed by atoms with van der Waals surface area (Å²) in [5, 5.41) is 4.25. The number of halogens is 1. The van der Waals surface area contributed by atoms with Crippen LogP contribution in [0.5, 0.6) is 0 Å². The Bertz CT molecular complexity index is 1060. The third-order valence-electron chi connectivity index (χ3n) is 3.41. The molecule has 0 aliphatic rings. The lowest BCUT2D eigenvalue weighted by Gasteiger charge is -2.00. The van der Waals surface area contributed by atoms with Gasteiger partial charge in [-0.2, -0.15) is 4.98 Å². The summed E-state index contributed by atoms with van der Waals surface area (Å²) in [7, 11) is 0. The molecule has 0 spiro atoms. The van der Waals surface area contributed by atoms with Crippen molar-refractivity contribution < 1.29 is 8.91 Å². The molecule has 0 amide bonds. The Labute approximate surface area is 122 Å². The van der Waals surface area contributed by atoms with Gasteiger partial charge in [0, 0.05) is 10.9 Å². The highest BCUT2D eigenvalue weighted by Crippen LogP contribution is 2.22. The summed E-state index contributed by atoms with van der Waals surface area (Å²) in [4.78, 5) is 23.8. The van der Waals surface area contributed by atoms with Crippen molar-refractivity contribution in [2.24, 2.45) is 0 Å². The van der Waals surface area contributed by atoms with Crippen molar-refractivity contribution >= 4 is 21.9 Å². The summed E-state index contributed by atoms with van der Waals surface area (Å²) in [5.41, 5.74) is 1.14. The van der Waals surface area contributed by atoms with Gasteiger partial charge in [0.05, 0.1) is 6.33 Å². The zero-order valence-corrected chi connectivity index (χ0v) is 11.5. The average molecular weight is 299 g/mol. The van der Waals surface area contributed by atoms with Crippen molar-refractivity contribution in [3.05, 3.63) is 52.4 Å². The fourth-order valence-electron chi connectivity index (χ4n) is 2.42. The van der Waals surface area contributed by atoms with Crippen LogP contribution in [-0.2, 0) is 6.54 Å². The monoisotopic (exact) mass is 299 g/mol. The van der Waals surface area contributed by atoms with Crippen LogP contribution in [0.3, 0.4) is 0 Å². The summed E-state index contributed by atoms with van der Waals surface area (Å²) in [5.74, 6) is 0.446. The Morgan fingerprint density at radius 2 is 2.27 bits per heavy atom. The average Bonchev–Trinajstić information content (AvgIpc) is 3.06. The van der Waals surface area contributed by atoms with Crippen molar-refractivity contribution in [2.75, 3.05) is 0 Å². The number of aryl methyl sites for hydroxylation is 1. The van der Waals surface area contributed by atoms with E-state index in [2.05, 4.69) is 20.1 Å². The SMILES string of the molecule is Cc1noc(Cn2cnc3c([nH]c4ccc(F)cc43)c2=O)n1. The zero-order valence-electron chi connectivity index (χ0n) is 11.5. The number of fused-ring (bicyclic) bond motifs is 3. The molecule has 22 heavy (non-hydrogen) atoms. The molecule has 0 atom stereocenters. The number of nitrogens with one attached hydrogen (secondary N) is 1. The molecule has 0 aliphatic carbocycles. The van der Waals surface area contributed by atoms with Crippen molar-refractivity contribution in [1.29, 1.82) is 0 Å². The number of H-pyrrole nitrogens is 1. The highest BCUT2D eigenvalue weighted by Gasteiger charge is 2.13. The van der Waals surface area contributed by atoms with Gasteiger partial charge >= 0.3 is 0 Å². The van der Waals surface area contributed by atoms with Gasteiger partial charge in [-0.05, 0) is 25.1 Å². The van der Waals surface area contributed by atoms with Crippen molar-refractivity contribution in [1.82, 2.24) is 24.7 Å². The highest BCUT2D eigenvalue weighted by molar-refractivity contribution is 6.04. The number of aromatic nitrogens is 5. The minimum absolute atomic E-state index is 0.131. The van der Waals surface area contributed by atoms with Gasteiger partial charge in [-0.1, -0.05) is 5.16 Å². The lowest BCUT2D eigenvalue weighted by atomic mass is 10.2. The maximum atomic E-state index is 13.4. The molecular weight excluding hydrogens is 289 g/mol. The Kier molecular flexibility index (Phi) is 2.59. The first-order valence-corrected chi connectivity index (χ1v) is 6.57. The number of hydrogen-bond donors (Lipinski definition) is 1. The number of hydrogen-bond acceptors (Lipinski definition) is 5. The van der Waals surface area contributed by atoms with Gasteiger partial charge in [-0.3, -0.25) is 9.36 Å². The first-order chi connectivity index (χ1) is 10.6. The lowest BCUT2D eigenvalue weighted by Crippen LogP contribution is -2.21. The lowest BCUT2D eigenvalue weighted by molar-refractivity contribution is 0.366. The summed E-state index contributed by atoms with van der Waals surface area (Å²) in [6, 6.07) is 4.27. The second kappa shape index (κ2) is 4.48. The fraction of sp³-hybridized carbons (Fsp3) is 0.143. The fourth-order valence-corrected chi connectivity index (χ4v) is 2.42. The van der Waals surface area contributed by atoms with E-state index in [1.54, 1.807) is 13.0 Å². The molecule has 4 rings (SSSR count). The number of nitrogens with zero attached hydrogens (tertiary/aromatic N) is 4. The summed E-state index contributed by atoms with van der Waals surface area (Å²) in [6.45, 7) is 1.83. The molecule has 3 heterocycles. The molecule has 3 aromatic heterocycles. The molecule has 0 unspecified atom stereocenters. The van der Waals surface area contributed by atoms with E-state index < -0.39 is 0 Å². The van der Waals surface area contributed by atoms with Crippen LogP contribution in [0.15, 0.2) is 33.8 Å². The predicted octanol–water partition coefficient (Wildman–Crippen LogP) is 1.76. The normalized spacial score (nSPS) is 11.5. The van der Waals surface area contributed by atoms with Gasteiger partial charge in [0.25, 0.3) is 5.56 Å². The molecule has 1 N–H and O–H groups in total. The number of rotatable bonds is 2. The van der Waals surface area contributed by atoms with Gasteiger partial charge in [0.15, 0.2) is 5.82 Å². The maximum Gasteiger partial charge on any atom is 0.278 e. The van der Waals surface area contributed by atoms with Crippen LogP contribution in [0.4, 0.5) is 4.39 Å². The molecule has 1 aromatic carbocycles. The molecule has 0 saturated carbocycles. The van der Waals surface area contributed by atoms with E-state index in [0.717, 1.165) is 0 Å². The Morgan fingerprint density at radius 3 is 3.05 bits per heavy atom. The van der Waals surface area contributed by atoms with Gasteiger partial charge in [0.2, 0.25) is 5.89 Å². The van der Waals surface area contributed by atoms with E-state index in [4.69, 9.17) is 4.52 Å². The van der Waals surface area contributed by atoms with E-state index in [-0.39, 0.29) is 17.9 Å². The molecule has 0 aliphatic heterocycles. The van der Waals surface area contributed by atoms with Crippen LogP contribution in [0.2, 0.25) is 0 Å². The molecule has 0 saturated heterocycles. The first kappa shape index (κ1) is 12.7.